The number of anilines is 1. The van der Waals surface area contributed by atoms with E-state index >= 15 is 0 Å². The van der Waals surface area contributed by atoms with E-state index in [-0.39, 0.29) is 31.7 Å². The number of amides is 1. The van der Waals surface area contributed by atoms with Crippen molar-refractivity contribution in [3.8, 4) is 11.5 Å². The van der Waals surface area contributed by atoms with Gasteiger partial charge in [0.1, 0.15) is 0 Å². The minimum Gasteiger partial charge on any atom is -0.454 e. The Bertz CT molecular complexity index is 989. The van der Waals surface area contributed by atoms with Gasteiger partial charge in [0.15, 0.2) is 11.5 Å². The van der Waals surface area contributed by atoms with Crippen LogP contribution in [0.2, 0.25) is 0 Å². The first kappa shape index (κ1) is 22.0. The standard InChI is InChI=1S/C22H28N2O5S/c1-4-17-7-9-18(10-8-17)16(2)23-22(25)6-5-13-24(30(3,26)27)19-11-12-20-21(14-19)29-15-28-20/h7-12,14,16H,4-6,13,15H2,1-3H3,(H,23,25). The molecule has 0 spiro atoms. The molecule has 0 fully saturated rings. The van der Waals surface area contributed by atoms with Crippen LogP contribution in [0.15, 0.2) is 42.5 Å². The first-order chi connectivity index (χ1) is 14.3. The number of ether oxygens (including phenoxy) is 2. The molecule has 162 valence electrons. The van der Waals surface area contributed by atoms with E-state index in [1.807, 2.05) is 19.1 Å². The van der Waals surface area contributed by atoms with Gasteiger partial charge in [0, 0.05) is 19.0 Å². The van der Waals surface area contributed by atoms with Crippen molar-refractivity contribution >= 4 is 21.6 Å². The minimum atomic E-state index is -3.50. The SMILES string of the molecule is CCc1ccc(C(C)NC(=O)CCCN(c2ccc3c(c2)OCO3)S(C)(=O)=O)cc1. The molecule has 2 aromatic carbocycles. The number of hydrogen-bond acceptors (Lipinski definition) is 5. The lowest BCUT2D eigenvalue weighted by molar-refractivity contribution is -0.121. The summed E-state index contributed by atoms with van der Waals surface area (Å²) in [6, 6.07) is 13.1. The van der Waals surface area contributed by atoms with Crippen molar-refractivity contribution in [2.24, 2.45) is 0 Å². The number of carbonyl (C=O) groups excluding carboxylic acids is 1. The number of carbonyl (C=O) groups is 1. The molecule has 1 N–H and O–H groups in total. The Kier molecular flexibility index (Phi) is 6.87. The van der Waals surface area contributed by atoms with Gasteiger partial charge in [0.2, 0.25) is 22.7 Å². The number of nitrogens with zero attached hydrogens (tertiary/aromatic N) is 1. The molecule has 1 unspecified atom stereocenters. The Morgan fingerprint density at radius 2 is 1.83 bits per heavy atom. The summed E-state index contributed by atoms with van der Waals surface area (Å²) in [6.07, 6.45) is 2.75. The lowest BCUT2D eigenvalue weighted by Crippen LogP contribution is -2.32. The molecule has 0 aliphatic carbocycles. The van der Waals surface area contributed by atoms with Crippen LogP contribution in [0, 0.1) is 0 Å². The van der Waals surface area contributed by atoms with E-state index in [1.165, 1.54) is 9.87 Å². The number of rotatable bonds is 9. The van der Waals surface area contributed by atoms with Crippen LogP contribution < -0.4 is 19.1 Å². The lowest BCUT2D eigenvalue weighted by Gasteiger charge is -2.23. The number of nitrogens with one attached hydrogen (secondary N) is 1. The van der Waals surface area contributed by atoms with Crippen molar-refractivity contribution in [3.63, 3.8) is 0 Å². The number of aryl methyl sites for hydroxylation is 1. The Hall–Kier alpha value is -2.74. The summed E-state index contributed by atoms with van der Waals surface area (Å²) in [5, 5.41) is 2.98. The second kappa shape index (κ2) is 9.38. The average Bonchev–Trinajstić information content (AvgIpc) is 3.18. The zero-order valence-corrected chi connectivity index (χ0v) is 18.4. The van der Waals surface area contributed by atoms with E-state index in [9.17, 15) is 13.2 Å². The molecule has 1 atom stereocenters. The highest BCUT2D eigenvalue weighted by Gasteiger charge is 2.21. The average molecular weight is 433 g/mol. The maximum absolute atomic E-state index is 12.4. The highest BCUT2D eigenvalue weighted by atomic mass is 32.2. The first-order valence-corrected chi connectivity index (χ1v) is 11.9. The number of hydrogen-bond donors (Lipinski definition) is 1. The summed E-state index contributed by atoms with van der Waals surface area (Å²) < 4.78 is 36.5. The lowest BCUT2D eigenvalue weighted by atomic mass is 10.0. The highest BCUT2D eigenvalue weighted by molar-refractivity contribution is 7.92. The van der Waals surface area contributed by atoms with Gasteiger partial charge in [0.05, 0.1) is 18.0 Å². The highest BCUT2D eigenvalue weighted by Crippen LogP contribution is 2.36. The van der Waals surface area contributed by atoms with Crippen LogP contribution >= 0.6 is 0 Å². The number of fused-ring (bicyclic) bond motifs is 1. The van der Waals surface area contributed by atoms with Crippen LogP contribution in [-0.4, -0.2) is 33.9 Å². The normalized spacial score (nSPS) is 13.7. The van der Waals surface area contributed by atoms with Gasteiger partial charge in [0.25, 0.3) is 0 Å². The van der Waals surface area contributed by atoms with Gasteiger partial charge in [-0.3, -0.25) is 9.10 Å². The van der Waals surface area contributed by atoms with Crippen LogP contribution in [0.5, 0.6) is 11.5 Å². The van der Waals surface area contributed by atoms with Crippen molar-refractivity contribution in [3.05, 3.63) is 53.6 Å². The van der Waals surface area contributed by atoms with Crippen molar-refractivity contribution < 1.29 is 22.7 Å². The van der Waals surface area contributed by atoms with Gasteiger partial charge >= 0.3 is 0 Å². The molecule has 0 aromatic heterocycles. The van der Waals surface area contributed by atoms with Crippen LogP contribution in [-0.2, 0) is 21.2 Å². The maximum Gasteiger partial charge on any atom is 0.232 e. The Balaban J connectivity index is 1.56. The molecule has 2 aromatic rings. The molecule has 0 bridgehead atoms. The molecule has 1 aliphatic heterocycles. The molecule has 0 radical (unpaired) electrons. The maximum atomic E-state index is 12.4. The van der Waals surface area contributed by atoms with E-state index in [2.05, 4.69) is 24.4 Å². The fraction of sp³-hybridized carbons (Fsp3) is 0.409. The molecule has 30 heavy (non-hydrogen) atoms. The molecule has 1 heterocycles. The van der Waals surface area contributed by atoms with Crippen molar-refractivity contribution in [1.29, 1.82) is 0 Å². The first-order valence-electron chi connectivity index (χ1n) is 10.0. The van der Waals surface area contributed by atoms with Gasteiger partial charge in [-0.2, -0.15) is 0 Å². The van der Waals surface area contributed by atoms with Crippen LogP contribution in [0.1, 0.15) is 43.9 Å². The zero-order valence-electron chi connectivity index (χ0n) is 17.6. The largest absolute Gasteiger partial charge is 0.454 e. The van der Waals surface area contributed by atoms with Gasteiger partial charge in [-0.25, -0.2) is 8.42 Å². The van der Waals surface area contributed by atoms with E-state index in [0.717, 1.165) is 18.2 Å². The van der Waals surface area contributed by atoms with Crippen LogP contribution in [0.3, 0.4) is 0 Å². The quantitative estimate of drug-likeness (QED) is 0.656. The van der Waals surface area contributed by atoms with Gasteiger partial charge in [-0.05, 0) is 43.0 Å². The van der Waals surface area contributed by atoms with Crippen molar-refractivity contribution in [2.75, 3.05) is 23.9 Å². The summed E-state index contributed by atoms with van der Waals surface area (Å²) in [5.74, 6) is 0.996. The Morgan fingerprint density at radius 3 is 2.50 bits per heavy atom. The Morgan fingerprint density at radius 1 is 1.13 bits per heavy atom. The van der Waals surface area contributed by atoms with E-state index in [0.29, 0.717) is 23.6 Å². The van der Waals surface area contributed by atoms with Gasteiger partial charge in [-0.15, -0.1) is 0 Å². The monoisotopic (exact) mass is 432 g/mol. The fourth-order valence-corrected chi connectivity index (χ4v) is 4.31. The third-order valence-electron chi connectivity index (χ3n) is 5.07. The molecule has 3 rings (SSSR count). The molecule has 1 amide bonds. The fourth-order valence-electron chi connectivity index (χ4n) is 3.35. The summed E-state index contributed by atoms with van der Waals surface area (Å²) >= 11 is 0. The van der Waals surface area contributed by atoms with Crippen molar-refractivity contribution in [2.45, 2.75) is 39.2 Å². The summed E-state index contributed by atoms with van der Waals surface area (Å²) in [5.41, 5.74) is 2.78. The van der Waals surface area contributed by atoms with Crippen LogP contribution in [0.25, 0.3) is 0 Å². The predicted molar refractivity (Wildman–Crippen MR) is 116 cm³/mol. The third-order valence-corrected chi connectivity index (χ3v) is 6.27. The smallest absolute Gasteiger partial charge is 0.232 e. The second-order valence-electron chi connectivity index (χ2n) is 7.36. The summed E-state index contributed by atoms with van der Waals surface area (Å²) in [7, 11) is -3.50. The molecule has 7 nitrogen and oxygen atoms in total. The van der Waals surface area contributed by atoms with E-state index in [1.54, 1.807) is 18.2 Å². The summed E-state index contributed by atoms with van der Waals surface area (Å²) in [4.78, 5) is 12.4. The number of benzene rings is 2. The molecule has 8 heteroatoms. The van der Waals surface area contributed by atoms with Crippen molar-refractivity contribution in [1.82, 2.24) is 5.32 Å². The Labute approximate surface area is 178 Å². The van der Waals surface area contributed by atoms with E-state index < -0.39 is 10.0 Å². The zero-order chi connectivity index (χ0) is 21.7. The second-order valence-corrected chi connectivity index (χ2v) is 9.27. The summed E-state index contributed by atoms with van der Waals surface area (Å²) in [6.45, 7) is 4.36. The molecular formula is C22H28N2O5S. The molecule has 0 saturated heterocycles. The van der Waals surface area contributed by atoms with Gasteiger partial charge < -0.3 is 14.8 Å². The predicted octanol–water partition coefficient (Wildman–Crippen LogP) is 3.40. The molecule has 1 aliphatic rings. The van der Waals surface area contributed by atoms with Crippen LogP contribution in [0.4, 0.5) is 5.69 Å². The number of sulfonamides is 1. The minimum absolute atomic E-state index is 0.108. The molecule has 0 saturated carbocycles. The molecular weight excluding hydrogens is 404 g/mol. The van der Waals surface area contributed by atoms with E-state index in [4.69, 9.17) is 9.47 Å². The van der Waals surface area contributed by atoms with Gasteiger partial charge in [-0.1, -0.05) is 31.2 Å². The topological polar surface area (TPSA) is 84.9 Å². The third kappa shape index (κ3) is 5.44.